The van der Waals surface area contributed by atoms with Crippen LogP contribution in [0.2, 0.25) is 0 Å². The average molecular weight is 319 g/mol. The number of unbranched alkanes of at least 4 members (excludes halogenated alkanes) is 1. The highest BCUT2D eigenvalue weighted by atomic mass is 32.2. The van der Waals surface area contributed by atoms with Gasteiger partial charge in [0.15, 0.2) is 0 Å². The molecule has 10 heteroatoms. The van der Waals surface area contributed by atoms with Crippen molar-refractivity contribution in [3.05, 3.63) is 12.2 Å². The van der Waals surface area contributed by atoms with Crippen molar-refractivity contribution in [3.8, 4) is 0 Å². The van der Waals surface area contributed by atoms with Crippen LogP contribution in [0.25, 0.3) is 0 Å². The number of carbonyl (C=O) groups excluding carboxylic acids is 1. The molecule has 1 N–H and O–H groups in total. The van der Waals surface area contributed by atoms with Crippen molar-refractivity contribution in [1.29, 1.82) is 0 Å². The van der Waals surface area contributed by atoms with Gasteiger partial charge in [0.25, 0.3) is 0 Å². The summed E-state index contributed by atoms with van der Waals surface area (Å²) in [5, 5.41) is 0. The Bertz CT molecular complexity index is 419. The molecule has 0 amide bonds. The monoisotopic (exact) mass is 319 g/mol. The predicted octanol–water partition coefficient (Wildman–Crippen LogP) is 1.65. The molecule has 20 heavy (non-hydrogen) atoms. The van der Waals surface area contributed by atoms with Gasteiger partial charge >= 0.3 is 21.6 Å². The third kappa shape index (κ3) is 8.12. The summed E-state index contributed by atoms with van der Waals surface area (Å²) in [6, 6.07) is 0. The van der Waals surface area contributed by atoms with E-state index in [4.69, 9.17) is 4.74 Å². The number of ether oxygens (including phenoxy) is 1. The molecular weight excluding hydrogens is 303 g/mol. The lowest BCUT2D eigenvalue weighted by Crippen LogP contribution is -2.31. The van der Waals surface area contributed by atoms with Crippen LogP contribution in [0.1, 0.15) is 26.2 Å². The molecule has 0 aromatic heterocycles. The molecule has 0 aliphatic carbocycles. The number of rotatable bonds is 9. The van der Waals surface area contributed by atoms with E-state index in [0.29, 0.717) is 6.61 Å². The van der Waals surface area contributed by atoms with Crippen molar-refractivity contribution in [1.82, 2.24) is 5.48 Å². The van der Waals surface area contributed by atoms with Gasteiger partial charge in [0, 0.05) is 12.6 Å². The largest absolute Gasteiger partial charge is 0.524 e. The standard InChI is InChI=1S/C10H16F3NO5S/c1-2-3-8-18-9(15)6-4-5-7-14-19-20(16,17)10(11,12)13/h4,6,14H,2-3,5,7-8H2,1H3. The van der Waals surface area contributed by atoms with Crippen LogP contribution in [0, 0.1) is 0 Å². The summed E-state index contributed by atoms with van der Waals surface area (Å²) in [6.07, 6.45) is 4.15. The zero-order valence-electron chi connectivity index (χ0n) is 10.8. The van der Waals surface area contributed by atoms with Gasteiger partial charge in [-0.1, -0.05) is 19.4 Å². The summed E-state index contributed by atoms with van der Waals surface area (Å²) in [7, 11) is -5.64. The Kier molecular flexibility index (Phi) is 8.42. The number of hydrogen-bond acceptors (Lipinski definition) is 6. The minimum atomic E-state index is -5.64. The molecule has 0 aliphatic heterocycles. The van der Waals surface area contributed by atoms with E-state index in [-0.39, 0.29) is 13.0 Å². The quantitative estimate of drug-likeness (QED) is 0.229. The van der Waals surface area contributed by atoms with Crippen molar-refractivity contribution >= 4 is 16.1 Å². The summed E-state index contributed by atoms with van der Waals surface area (Å²) >= 11 is 0. The highest BCUT2D eigenvalue weighted by Gasteiger charge is 2.47. The van der Waals surface area contributed by atoms with Crippen molar-refractivity contribution < 1.29 is 35.4 Å². The molecule has 0 saturated carbocycles. The fourth-order valence-electron chi connectivity index (χ4n) is 0.854. The van der Waals surface area contributed by atoms with E-state index in [9.17, 15) is 26.4 Å². The Labute approximate surface area is 115 Å². The molecular formula is C10H16F3NO5S. The van der Waals surface area contributed by atoms with Gasteiger partial charge in [-0.15, -0.1) is 0 Å². The number of alkyl halides is 3. The number of nitrogens with one attached hydrogen (secondary N) is 1. The van der Waals surface area contributed by atoms with Crippen LogP contribution in [0.5, 0.6) is 0 Å². The summed E-state index contributed by atoms with van der Waals surface area (Å²) in [6.45, 7) is 2.02. The van der Waals surface area contributed by atoms with Gasteiger partial charge in [-0.3, -0.25) is 0 Å². The van der Waals surface area contributed by atoms with E-state index in [1.54, 1.807) is 5.48 Å². The third-order valence-electron chi connectivity index (χ3n) is 1.86. The van der Waals surface area contributed by atoms with Gasteiger partial charge < -0.3 is 4.74 Å². The lowest BCUT2D eigenvalue weighted by molar-refractivity contribution is -0.137. The highest BCUT2D eigenvalue weighted by Crippen LogP contribution is 2.23. The second kappa shape index (κ2) is 8.93. The van der Waals surface area contributed by atoms with Gasteiger partial charge in [0.2, 0.25) is 0 Å². The van der Waals surface area contributed by atoms with E-state index >= 15 is 0 Å². The lowest BCUT2D eigenvalue weighted by atomic mass is 10.3. The number of esters is 1. The molecule has 0 fully saturated rings. The van der Waals surface area contributed by atoms with Crippen LogP contribution >= 0.6 is 0 Å². The van der Waals surface area contributed by atoms with Crippen molar-refractivity contribution in [3.63, 3.8) is 0 Å². The van der Waals surface area contributed by atoms with Gasteiger partial charge in [-0.05, 0) is 12.8 Å². The van der Waals surface area contributed by atoms with Crippen LogP contribution < -0.4 is 5.48 Å². The Morgan fingerprint density at radius 3 is 2.55 bits per heavy atom. The second-order valence-corrected chi connectivity index (χ2v) is 5.13. The molecule has 0 spiro atoms. The summed E-state index contributed by atoms with van der Waals surface area (Å²) in [5.41, 5.74) is -3.83. The molecule has 0 atom stereocenters. The fraction of sp³-hybridized carbons (Fsp3) is 0.700. The van der Waals surface area contributed by atoms with Gasteiger partial charge in [0.05, 0.1) is 6.61 Å². The molecule has 0 unspecified atom stereocenters. The Hall–Kier alpha value is -1.13. The molecule has 0 aromatic carbocycles. The van der Waals surface area contributed by atoms with Crippen LogP contribution in [-0.2, 0) is 23.9 Å². The normalized spacial score (nSPS) is 12.8. The highest BCUT2D eigenvalue weighted by molar-refractivity contribution is 7.87. The van der Waals surface area contributed by atoms with E-state index in [2.05, 4.69) is 4.28 Å². The average Bonchev–Trinajstić information content (AvgIpc) is 2.32. The maximum atomic E-state index is 11.8. The SMILES string of the molecule is CCCCOC(=O)C=CCCNOS(=O)(=O)C(F)(F)F. The van der Waals surface area contributed by atoms with Crippen molar-refractivity contribution in [2.45, 2.75) is 31.7 Å². The Morgan fingerprint density at radius 1 is 1.35 bits per heavy atom. The molecule has 0 saturated heterocycles. The third-order valence-corrected chi connectivity index (χ3v) is 2.77. The zero-order valence-corrected chi connectivity index (χ0v) is 11.6. The minimum Gasteiger partial charge on any atom is -0.463 e. The lowest BCUT2D eigenvalue weighted by Gasteiger charge is -2.07. The molecule has 0 rings (SSSR count). The predicted molar refractivity (Wildman–Crippen MR) is 63.7 cm³/mol. The number of halogens is 3. The van der Waals surface area contributed by atoms with Crippen LogP contribution in [-0.4, -0.2) is 33.0 Å². The van der Waals surface area contributed by atoms with E-state index in [1.807, 2.05) is 6.92 Å². The first kappa shape index (κ1) is 18.9. The first-order valence-electron chi connectivity index (χ1n) is 5.76. The molecule has 118 valence electrons. The van der Waals surface area contributed by atoms with Crippen molar-refractivity contribution in [2.24, 2.45) is 0 Å². The van der Waals surface area contributed by atoms with Crippen LogP contribution in [0.15, 0.2) is 12.2 Å². The maximum absolute atomic E-state index is 11.8. The molecule has 6 nitrogen and oxygen atoms in total. The van der Waals surface area contributed by atoms with E-state index < -0.39 is 21.6 Å². The number of carbonyl (C=O) groups is 1. The zero-order chi connectivity index (χ0) is 15.6. The van der Waals surface area contributed by atoms with E-state index in [1.165, 1.54) is 6.08 Å². The molecule has 0 aromatic rings. The van der Waals surface area contributed by atoms with Gasteiger partial charge in [-0.25, -0.2) is 4.79 Å². The Balaban J connectivity index is 3.80. The maximum Gasteiger partial charge on any atom is 0.524 e. The summed E-state index contributed by atoms with van der Waals surface area (Å²) in [5.74, 6) is -0.567. The van der Waals surface area contributed by atoms with Crippen LogP contribution in [0.3, 0.4) is 0 Å². The summed E-state index contributed by atoms with van der Waals surface area (Å²) in [4.78, 5) is 11.0. The topological polar surface area (TPSA) is 81.7 Å². The fourth-order valence-corrected chi connectivity index (χ4v) is 1.19. The van der Waals surface area contributed by atoms with Crippen LogP contribution in [0.4, 0.5) is 13.2 Å². The minimum absolute atomic E-state index is 0.0935. The Morgan fingerprint density at radius 2 is 2.00 bits per heavy atom. The van der Waals surface area contributed by atoms with E-state index in [0.717, 1.165) is 18.9 Å². The summed E-state index contributed by atoms with van der Waals surface area (Å²) < 4.78 is 64.7. The molecule has 0 heterocycles. The molecule has 0 radical (unpaired) electrons. The first-order chi connectivity index (χ1) is 9.20. The molecule has 0 aliphatic rings. The molecule has 0 bridgehead atoms. The van der Waals surface area contributed by atoms with Gasteiger partial charge in [0.1, 0.15) is 0 Å². The van der Waals surface area contributed by atoms with Gasteiger partial charge in [-0.2, -0.15) is 31.4 Å². The first-order valence-corrected chi connectivity index (χ1v) is 7.17. The smallest absolute Gasteiger partial charge is 0.463 e. The number of hydroxylamine groups is 1. The number of hydrogen-bond donors (Lipinski definition) is 1. The second-order valence-electron chi connectivity index (χ2n) is 3.59. The van der Waals surface area contributed by atoms with Crippen molar-refractivity contribution in [2.75, 3.05) is 13.2 Å².